The van der Waals surface area contributed by atoms with E-state index >= 15 is 0 Å². The molecular formula is C20H24N2O3S. The predicted molar refractivity (Wildman–Crippen MR) is 103 cm³/mol. The summed E-state index contributed by atoms with van der Waals surface area (Å²) < 4.78 is 10.9. The van der Waals surface area contributed by atoms with Crippen LogP contribution in [0.2, 0.25) is 0 Å². The Hall–Kier alpha value is -1.95. The fourth-order valence-electron chi connectivity index (χ4n) is 3.92. The Morgan fingerprint density at radius 3 is 2.62 bits per heavy atom. The van der Waals surface area contributed by atoms with Gasteiger partial charge in [-0.3, -0.25) is 4.79 Å². The molecule has 0 bridgehead atoms. The molecule has 26 heavy (non-hydrogen) atoms. The number of nitrogens with zero attached hydrogens (tertiary/aromatic N) is 2. The summed E-state index contributed by atoms with van der Waals surface area (Å²) in [5.41, 5.74) is 1.95. The number of thioether (sulfide) groups is 1. The summed E-state index contributed by atoms with van der Waals surface area (Å²) in [6.45, 7) is 6.60. The third kappa shape index (κ3) is 3.22. The minimum absolute atomic E-state index is 0.210. The smallest absolute Gasteiger partial charge is 0.233 e. The Kier molecular flexibility index (Phi) is 4.69. The maximum absolute atomic E-state index is 12.8. The number of carbonyl (C=O) groups is 1. The van der Waals surface area contributed by atoms with Gasteiger partial charge in [-0.15, -0.1) is 0 Å². The molecule has 2 unspecified atom stereocenters. The Bertz CT molecular complexity index is 845. The van der Waals surface area contributed by atoms with Gasteiger partial charge >= 0.3 is 0 Å². The second-order valence-corrected chi connectivity index (χ2v) is 8.19. The van der Waals surface area contributed by atoms with E-state index < -0.39 is 0 Å². The first-order valence-corrected chi connectivity index (χ1v) is 10.2. The molecule has 1 aromatic carbocycles. The zero-order valence-electron chi connectivity index (χ0n) is 15.4. The summed E-state index contributed by atoms with van der Waals surface area (Å²) in [6, 6.07) is 6.64. The van der Waals surface area contributed by atoms with Gasteiger partial charge in [-0.25, -0.2) is 4.98 Å². The minimum atomic E-state index is 0.210. The number of fused-ring (bicyclic) bond motifs is 2. The van der Waals surface area contributed by atoms with Crippen molar-refractivity contribution >= 4 is 28.6 Å². The van der Waals surface area contributed by atoms with Crippen LogP contribution in [0, 0.1) is 6.92 Å². The van der Waals surface area contributed by atoms with Crippen LogP contribution in [0.4, 0.5) is 0 Å². The Morgan fingerprint density at radius 2 is 1.88 bits per heavy atom. The number of piperidine rings is 1. The highest BCUT2D eigenvalue weighted by Crippen LogP contribution is 2.37. The molecule has 0 aliphatic carbocycles. The van der Waals surface area contributed by atoms with Crippen molar-refractivity contribution in [1.29, 1.82) is 0 Å². The molecule has 138 valence electrons. The van der Waals surface area contributed by atoms with Gasteiger partial charge < -0.3 is 14.4 Å². The van der Waals surface area contributed by atoms with Gasteiger partial charge in [0, 0.05) is 23.5 Å². The number of rotatable bonds is 3. The SMILES string of the molecule is Cc1cc2cc3c(cc2nc1SCC(=O)N1C(C)CCCC1C)OCO3. The molecule has 0 N–H and O–H groups in total. The molecule has 2 aliphatic heterocycles. The molecule has 0 spiro atoms. The van der Waals surface area contributed by atoms with E-state index in [9.17, 15) is 4.79 Å². The molecule has 1 saturated heterocycles. The molecule has 0 radical (unpaired) electrons. The van der Waals surface area contributed by atoms with Crippen LogP contribution in [-0.2, 0) is 4.79 Å². The van der Waals surface area contributed by atoms with Crippen molar-refractivity contribution < 1.29 is 14.3 Å². The van der Waals surface area contributed by atoms with Crippen molar-refractivity contribution in [2.45, 2.75) is 57.1 Å². The van der Waals surface area contributed by atoms with Crippen LogP contribution in [0.5, 0.6) is 11.5 Å². The highest BCUT2D eigenvalue weighted by atomic mass is 32.2. The highest BCUT2D eigenvalue weighted by molar-refractivity contribution is 7.99. The lowest BCUT2D eigenvalue weighted by Gasteiger charge is -2.39. The van der Waals surface area contributed by atoms with Gasteiger partial charge in [0.1, 0.15) is 5.03 Å². The van der Waals surface area contributed by atoms with Gasteiger partial charge in [0.2, 0.25) is 12.7 Å². The molecule has 2 atom stereocenters. The minimum Gasteiger partial charge on any atom is -0.454 e. The van der Waals surface area contributed by atoms with E-state index in [4.69, 9.17) is 14.5 Å². The van der Waals surface area contributed by atoms with E-state index in [-0.39, 0.29) is 12.7 Å². The molecule has 5 nitrogen and oxygen atoms in total. The molecule has 0 saturated carbocycles. The molecule has 1 fully saturated rings. The monoisotopic (exact) mass is 372 g/mol. The number of carbonyl (C=O) groups excluding carboxylic acids is 1. The van der Waals surface area contributed by atoms with Crippen LogP contribution in [0.25, 0.3) is 10.9 Å². The van der Waals surface area contributed by atoms with Crippen LogP contribution in [0.1, 0.15) is 38.7 Å². The van der Waals surface area contributed by atoms with E-state index in [0.717, 1.165) is 45.8 Å². The Balaban J connectivity index is 1.52. The van der Waals surface area contributed by atoms with Gasteiger partial charge in [-0.2, -0.15) is 0 Å². The van der Waals surface area contributed by atoms with Crippen LogP contribution in [-0.4, -0.2) is 40.4 Å². The number of ether oxygens (including phenoxy) is 2. The number of pyridine rings is 1. The molecule has 1 aromatic heterocycles. The summed E-state index contributed by atoms with van der Waals surface area (Å²) in [7, 11) is 0. The largest absolute Gasteiger partial charge is 0.454 e. The molecule has 2 aliphatic rings. The van der Waals surface area contributed by atoms with E-state index in [1.54, 1.807) is 0 Å². The molecule has 2 aromatic rings. The number of hydrogen-bond donors (Lipinski definition) is 0. The average molecular weight is 372 g/mol. The standard InChI is InChI=1S/C20H24N2O3S/c1-12-7-15-8-17-18(25-11-24-17)9-16(15)21-20(12)26-10-19(23)22-13(2)5-4-6-14(22)3/h7-9,13-14H,4-6,10-11H2,1-3H3. The molecule has 1 amide bonds. The third-order valence-corrected chi connectivity index (χ3v) is 6.35. The van der Waals surface area contributed by atoms with E-state index in [0.29, 0.717) is 17.8 Å². The number of likely N-dealkylation sites (tertiary alicyclic amines) is 1. The van der Waals surface area contributed by atoms with Crippen molar-refractivity contribution in [3.05, 3.63) is 23.8 Å². The first-order valence-electron chi connectivity index (χ1n) is 9.18. The van der Waals surface area contributed by atoms with Crippen molar-refractivity contribution in [3.8, 4) is 11.5 Å². The second kappa shape index (κ2) is 6.99. The van der Waals surface area contributed by atoms with Gasteiger partial charge in [-0.1, -0.05) is 11.8 Å². The van der Waals surface area contributed by atoms with Crippen LogP contribution >= 0.6 is 11.8 Å². The summed E-state index contributed by atoms with van der Waals surface area (Å²) in [4.78, 5) is 19.6. The lowest BCUT2D eigenvalue weighted by Crippen LogP contribution is -2.48. The lowest BCUT2D eigenvalue weighted by molar-refractivity contribution is -0.134. The van der Waals surface area contributed by atoms with E-state index in [1.807, 2.05) is 19.1 Å². The second-order valence-electron chi connectivity index (χ2n) is 7.23. The average Bonchev–Trinajstić information content (AvgIpc) is 3.05. The number of aromatic nitrogens is 1. The van der Waals surface area contributed by atoms with Crippen molar-refractivity contribution in [1.82, 2.24) is 9.88 Å². The third-order valence-electron chi connectivity index (χ3n) is 5.27. The zero-order valence-corrected chi connectivity index (χ0v) is 16.3. The quantitative estimate of drug-likeness (QED) is 0.758. The van der Waals surface area contributed by atoms with E-state index in [2.05, 4.69) is 24.8 Å². The fraction of sp³-hybridized carbons (Fsp3) is 0.500. The van der Waals surface area contributed by atoms with E-state index in [1.165, 1.54) is 18.2 Å². The zero-order chi connectivity index (χ0) is 18.3. The molecule has 3 heterocycles. The summed E-state index contributed by atoms with van der Waals surface area (Å²) >= 11 is 1.53. The van der Waals surface area contributed by atoms with Crippen molar-refractivity contribution in [3.63, 3.8) is 0 Å². The van der Waals surface area contributed by atoms with Gasteiger partial charge in [0.25, 0.3) is 0 Å². The molecule has 6 heteroatoms. The first-order chi connectivity index (χ1) is 12.5. The number of aryl methyl sites for hydroxylation is 1. The van der Waals surface area contributed by atoms with Crippen molar-refractivity contribution in [2.24, 2.45) is 0 Å². The highest BCUT2D eigenvalue weighted by Gasteiger charge is 2.28. The summed E-state index contributed by atoms with van der Waals surface area (Å²) in [5.74, 6) is 2.14. The maximum Gasteiger partial charge on any atom is 0.233 e. The number of hydrogen-bond acceptors (Lipinski definition) is 5. The summed E-state index contributed by atoms with van der Waals surface area (Å²) in [5, 5.41) is 1.93. The first kappa shape index (κ1) is 17.5. The topological polar surface area (TPSA) is 51.7 Å². The van der Waals surface area contributed by atoms with Gasteiger partial charge in [-0.05, 0) is 57.7 Å². The Morgan fingerprint density at radius 1 is 1.19 bits per heavy atom. The molecular weight excluding hydrogens is 348 g/mol. The van der Waals surface area contributed by atoms with Gasteiger partial charge in [0.05, 0.1) is 11.3 Å². The number of amides is 1. The number of benzene rings is 1. The fourth-order valence-corrected chi connectivity index (χ4v) is 4.77. The Labute approximate surface area is 158 Å². The van der Waals surface area contributed by atoms with Crippen LogP contribution < -0.4 is 9.47 Å². The van der Waals surface area contributed by atoms with Crippen LogP contribution in [0.3, 0.4) is 0 Å². The summed E-state index contributed by atoms with van der Waals surface area (Å²) in [6.07, 6.45) is 3.41. The lowest BCUT2D eigenvalue weighted by atomic mass is 9.98. The molecule has 4 rings (SSSR count). The van der Waals surface area contributed by atoms with Gasteiger partial charge in [0.15, 0.2) is 11.5 Å². The van der Waals surface area contributed by atoms with Crippen LogP contribution in [0.15, 0.2) is 23.2 Å². The predicted octanol–water partition coefficient (Wildman–Crippen LogP) is 4.15. The van der Waals surface area contributed by atoms with Crippen molar-refractivity contribution in [2.75, 3.05) is 12.5 Å². The maximum atomic E-state index is 12.8. The normalized spacial score (nSPS) is 22.0.